The van der Waals surface area contributed by atoms with Crippen molar-refractivity contribution in [2.24, 2.45) is 11.3 Å². The van der Waals surface area contributed by atoms with Gasteiger partial charge in [-0.25, -0.2) is 4.39 Å². The lowest BCUT2D eigenvalue weighted by molar-refractivity contribution is -0.140. The van der Waals surface area contributed by atoms with E-state index >= 15 is 0 Å². The van der Waals surface area contributed by atoms with Gasteiger partial charge in [0.15, 0.2) is 0 Å². The maximum atomic E-state index is 14.7. The van der Waals surface area contributed by atoms with E-state index in [2.05, 4.69) is 15.5 Å². The molecular weight excluding hydrogens is 476 g/mol. The second kappa shape index (κ2) is 11.9. The summed E-state index contributed by atoms with van der Waals surface area (Å²) in [7, 11) is 0. The van der Waals surface area contributed by atoms with Crippen LogP contribution in [0.15, 0.2) is 24.3 Å². The van der Waals surface area contributed by atoms with Crippen LogP contribution in [0.2, 0.25) is 0 Å². The van der Waals surface area contributed by atoms with Crippen LogP contribution in [-0.4, -0.2) is 62.8 Å². The van der Waals surface area contributed by atoms with E-state index in [0.29, 0.717) is 18.5 Å². The Hall–Kier alpha value is -0.920. The van der Waals surface area contributed by atoms with Crippen molar-refractivity contribution in [3.8, 4) is 0 Å². The van der Waals surface area contributed by atoms with Crippen molar-refractivity contribution in [2.45, 2.75) is 62.8 Å². The van der Waals surface area contributed by atoms with Gasteiger partial charge in [0.1, 0.15) is 5.82 Å². The number of nitrogens with zero attached hydrogens (tertiary/aromatic N) is 1. The molecule has 2 aliphatic carbocycles. The van der Waals surface area contributed by atoms with Crippen LogP contribution in [0.3, 0.4) is 0 Å². The molecule has 8 heteroatoms. The number of hydrogen-bond donors (Lipinski definition) is 2. The molecule has 1 aromatic rings. The van der Waals surface area contributed by atoms with Gasteiger partial charge < -0.3 is 15.4 Å². The summed E-state index contributed by atoms with van der Waals surface area (Å²) in [5.74, 6) is 0.473. The van der Waals surface area contributed by atoms with Crippen molar-refractivity contribution in [1.82, 2.24) is 15.5 Å². The Labute approximate surface area is 215 Å². The molecule has 2 saturated carbocycles. The highest BCUT2D eigenvalue weighted by Crippen LogP contribution is 2.47. The van der Waals surface area contributed by atoms with Crippen molar-refractivity contribution in [1.29, 1.82) is 0 Å². The van der Waals surface area contributed by atoms with Gasteiger partial charge in [-0.15, -0.1) is 24.8 Å². The van der Waals surface area contributed by atoms with E-state index in [4.69, 9.17) is 4.74 Å². The van der Waals surface area contributed by atoms with Gasteiger partial charge in [-0.2, -0.15) is 0 Å². The zero-order chi connectivity index (χ0) is 22.0. The molecule has 0 bridgehead atoms. The van der Waals surface area contributed by atoms with Gasteiger partial charge in [0.2, 0.25) is 5.91 Å². The van der Waals surface area contributed by atoms with Gasteiger partial charge in [0.05, 0.1) is 18.6 Å². The Bertz CT molecular complexity index is 817. The Morgan fingerprint density at radius 3 is 2.59 bits per heavy atom. The van der Waals surface area contributed by atoms with Gasteiger partial charge in [0, 0.05) is 37.6 Å². The van der Waals surface area contributed by atoms with Gasteiger partial charge >= 0.3 is 0 Å². The lowest BCUT2D eigenvalue weighted by atomic mass is 9.61. The number of fused-ring (bicyclic) bond motifs is 1. The topological polar surface area (TPSA) is 53.6 Å². The van der Waals surface area contributed by atoms with Crippen LogP contribution in [0.25, 0.3) is 0 Å². The molecule has 1 amide bonds. The maximum Gasteiger partial charge on any atom is 0.227 e. The first-order chi connectivity index (χ1) is 15.6. The standard InChI is InChI=1S/C26H38FN3O2.2ClH/c27-23-6-2-1-5-22(23)25(9-3-4-10-25)18-29-24(31)26-11-7-21(30-13-15-32-16-14-30)17-20(26)8-12-28-19-26;;/h1-2,5-6,20-21,28H,3-4,7-19H2,(H,29,31);2*1H/t20-,21-,26-;;/m1../s1. The molecule has 192 valence electrons. The van der Waals surface area contributed by atoms with E-state index in [1.807, 2.05) is 12.1 Å². The van der Waals surface area contributed by atoms with E-state index in [1.54, 1.807) is 12.1 Å². The number of carbonyl (C=O) groups is 1. The molecule has 4 fully saturated rings. The van der Waals surface area contributed by atoms with Crippen LogP contribution in [0, 0.1) is 17.2 Å². The number of carbonyl (C=O) groups excluding carboxylic acids is 1. The number of benzene rings is 1. The smallest absolute Gasteiger partial charge is 0.227 e. The van der Waals surface area contributed by atoms with Crippen molar-refractivity contribution >= 4 is 30.7 Å². The average molecular weight is 517 g/mol. The monoisotopic (exact) mass is 515 g/mol. The van der Waals surface area contributed by atoms with Crippen LogP contribution in [0.4, 0.5) is 4.39 Å². The highest BCUT2D eigenvalue weighted by atomic mass is 35.5. The third-order valence-corrected chi connectivity index (χ3v) is 8.98. The number of halogens is 3. The number of hydrogen-bond acceptors (Lipinski definition) is 4. The SMILES string of the molecule is Cl.Cl.O=C(NCC1(c2ccccc2F)CCCC1)[C@@]12CC[C@@H](N3CCOCC3)C[C@H]1CCNC2. The van der Waals surface area contributed by atoms with Gasteiger partial charge in [-0.1, -0.05) is 31.0 Å². The summed E-state index contributed by atoms with van der Waals surface area (Å²) in [6.07, 6.45) is 8.26. The molecule has 34 heavy (non-hydrogen) atoms. The number of morpholine rings is 1. The first-order valence-corrected chi connectivity index (χ1v) is 12.7. The third kappa shape index (κ3) is 5.27. The molecule has 2 aliphatic heterocycles. The lowest BCUT2D eigenvalue weighted by Crippen LogP contribution is -2.61. The van der Waals surface area contributed by atoms with Crippen molar-refractivity contribution in [2.75, 3.05) is 45.9 Å². The Kier molecular flexibility index (Phi) is 9.66. The molecule has 2 heterocycles. The fourth-order valence-corrected chi connectivity index (χ4v) is 7.08. The fraction of sp³-hybridized carbons (Fsp3) is 0.731. The van der Waals surface area contributed by atoms with Crippen LogP contribution < -0.4 is 10.6 Å². The predicted molar refractivity (Wildman–Crippen MR) is 137 cm³/mol. The first-order valence-electron chi connectivity index (χ1n) is 12.7. The van der Waals surface area contributed by atoms with Crippen LogP contribution >= 0.6 is 24.8 Å². The summed E-state index contributed by atoms with van der Waals surface area (Å²) in [6, 6.07) is 7.73. The van der Waals surface area contributed by atoms with Gasteiger partial charge in [-0.05, 0) is 62.6 Å². The maximum absolute atomic E-state index is 14.7. The predicted octanol–water partition coefficient (Wildman–Crippen LogP) is 4.08. The molecule has 5 nitrogen and oxygen atoms in total. The van der Waals surface area contributed by atoms with Crippen LogP contribution in [-0.2, 0) is 14.9 Å². The minimum atomic E-state index is -0.323. The molecule has 2 saturated heterocycles. The van der Waals surface area contributed by atoms with E-state index in [1.165, 1.54) is 0 Å². The quantitative estimate of drug-likeness (QED) is 0.620. The zero-order valence-electron chi connectivity index (χ0n) is 20.0. The van der Waals surface area contributed by atoms with E-state index in [-0.39, 0.29) is 47.4 Å². The summed E-state index contributed by atoms with van der Waals surface area (Å²) in [5.41, 5.74) is 0.195. The number of ether oxygens (including phenoxy) is 1. The molecule has 0 aromatic heterocycles. The summed E-state index contributed by atoms with van der Waals surface area (Å²) in [5, 5.41) is 6.89. The highest BCUT2D eigenvalue weighted by molar-refractivity contribution is 5.85. The lowest BCUT2D eigenvalue weighted by Gasteiger charge is -2.51. The van der Waals surface area contributed by atoms with Gasteiger partial charge in [-0.3, -0.25) is 9.69 Å². The molecule has 2 N–H and O–H groups in total. The first kappa shape index (κ1) is 27.7. The van der Waals surface area contributed by atoms with E-state index < -0.39 is 0 Å². The number of nitrogens with one attached hydrogen (secondary N) is 2. The molecule has 0 radical (unpaired) electrons. The molecule has 1 aromatic carbocycles. The number of piperidine rings is 1. The average Bonchev–Trinajstić information content (AvgIpc) is 3.33. The molecule has 3 atom stereocenters. The largest absolute Gasteiger partial charge is 0.379 e. The van der Waals surface area contributed by atoms with Crippen molar-refractivity contribution in [3.63, 3.8) is 0 Å². The molecule has 0 unspecified atom stereocenters. The van der Waals surface area contributed by atoms with E-state index in [0.717, 1.165) is 96.3 Å². The minimum absolute atomic E-state index is 0. The summed E-state index contributed by atoms with van der Waals surface area (Å²) in [6.45, 7) is 5.99. The van der Waals surface area contributed by atoms with Crippen molar-refractivity contribution in [3.05, 3.63) is 35.6 Å². The Balaban J connectivity index is 0.00000162. The summed E-state index contributed by atoms with van der Waals surface area (Å²) < 4.78 is 20.3. The molecule has 4 aliphatic rings. The Morgan fingerprint density at radius 1 is 1.12 bits per heavy atom. The van der Waals surface area contributed by atoms with Gasteiger partial charge in [0.25, 0.3) is 0 Å². The molecular formula is C26H40Cl2FN3O2. The van der Waals surface area contributed by atoms with E-state index in [9.17, 15) is 9.18 Å². The third-order valence-electron chi connectivity index (χ3n) is 8.98. The highest BCUT2D eigenvalue weighted by Gasteiger charge is 2.51. The zero-order valence-corrected chi connectivity index (χ0v) is 21.7. The second-order valence-electron chi connectivity index (χ2n) is 10.5. The summed E-state index contributed by atoms with van der Waals surface area (Å²) in [4.78, 5) is 16.4. The molecule has 0 spiro atoms. The second-order valence-corrected chi connectivity index (χ2v) is 10.5. The normalized spacial score (nSPS) is 31.0. The Morgan fingerprint density at radius 2 is 1.85 bits per heavy atom. The minimum Gasteiger partial charge on any atom is -0.379 e. The summed E-state index contributed by atoms with van der Waals surface area (Å²) >= 11 is 0. The number of rotatable bonds is 5. The van der Waals surface area contributed by atoms with Crippen LogP contribution in [0.1, 0.15) is 56.9 Å². The van der Waals surface area contributed by atoms with Crippen molar-refractivity contribution < 1.29 is 13.9 Å². The van der Waals surface area contributed by atoms with Crippen LogP contribution in [0.5, 0.6) is 0 Å². The fourth-order valence-electron chi connectivity index (χ4n) is 7.08. The molecule has 5 rings (SSSR count). The number of amides is 1.